The fraction of sp³-hybridized carbons (Fsp3) is 0.167. The van der Waals surface area contributed by atoms with Gasteiger partial charge in [0.15, 0.2) is 0 Å². The van der Waals surface area contributed by atoms with E-state index < -0.39 is 0 Å². The lowest BCUT2D eigenvalue weighted by Crippen LogP contribution is -2.09. The van der Waals surface area contributed by atoms with Gasteiger partial charge < -0.3 is 10.6 Å². The predicted octanol–water partition coefficient (Wildman–Crippen LogP) is 3.66. The van der Waals surface area contributed by atoms with Crippen molar-refractivity contribution in [2.45, 2.75) is 19.5 Å². The van der Waals surface area contributed by atoms with E-state index in [0.717, 1.165) is 17.2 Å². The van der Waals surface area contributed by atoms with Crippen LogP contribution in [0, 0.1) is 0 Å². The first-order chi connectivity index (χ1) is 11.3. The van der Waals surface area contributed by atoms with Gasteiger partial charge in [-0.05, 0) is 24.1 Å². The second kappa shape index (κ2) is 7.35. The molecule has 3 rings (SSSR count). The van der Waals surface area contributed by atoms with Gasteiger partial charge in [-0.2, -0.15) is 0 Å². The second-order valence-corrected chi connectivity index (χ2v) is 5.28. The smallest absolute Gasteiger partial charge is 0.131 e. The number of nitrogens with one attached hydrogen (secondary N) is 2. The van der Waals surface area contributed by atoms with Gasteiger partial charge >= 0.3 is 0 Å². The first-order valence-corrected chi connectivity index (χ1v) is 7.57. The van der Waals surface area contributed by atoms with Crippen LogP contribution in [-0.2, 0) is 6.54 Å². The molecule has 5 nitrogen and oxygen atoms in total. The van der Waals surface area contributed by atoms with Crippen LogP contribution in [0.3, 0.4) is 0 Å². The molecule has 0 bridgehead atoms. The van der Waals surface area contributed by atoms with Crippen molar-refractivity contribution in [2.24, 2.45) is 0 Å². The Kier molecular flexibility index (Phi) is 4.79. The molecule has 0 saturated heterocycles. The van der Waals surface area contributed by atoms with E-state index in [1.807, 2.05) is 42.6 Å². The Morgan fingerprint density at radius 3 is 2.61 bits per heavy atom. The summed E-state index contributed by atoms with van der Waals surface area (Å²) in [6, 6.07) is 16.3. The summed E-state index contributed by atoms with van der Waals surface area (Å²) in [4.78, 5) is 12.6. The third kappa shape index (κ3) is 4.26. The Morgan fingerprint density at radius 2 is 1.83 bits per heavy atom. The van der Waals surface area contributed by atoms with E-state index in [4.69, 9.17) is 0 Å². The number of hydrogen-bond acceptors (Lipinski definition) is 5. The van der Waals surface area contributed by atoms with Crippen LogP contribution < -0.4 is 10.6 Å². The Hall–Kier alpha value is -2.95. The van der Waals surface area contributed by atoms with Crippen LogP contribution in [0.2, 0.25) is 0 Å². The lowest BCUT2D eigenvalue weighted by molar-refractivity contribution is 0.871. The minimum Gasteiger partial charge on any atom is -0.366 e. The summed E-state index contributed by atoms with van der Waals surface area (Å²) in [7, 11) is 0. The highest BCUT2D eigenvalue weighted by atomic mass is 15.1. The SMILES string of the molecule is CC(Nc1cc(NCc2cccnc2)ncn1)c1ccccc1. The van der Waals surface area contributed by atoms with E-state index in [-0.39, 0.29) is 6.04 Å². The van der Waals surface area contributed by atoms with E-state index >= 15 is 0 Å². The minimum absolute atomic E-state index is 0.178. The molecule has 1 unspecified atom stereocenters. The van der Waals surface area contributed by atoms with Crippen molar-refractivity contribution in [3.63, 3.8) is 0 Å². The molecular weight excluding hydrogens is 286 g/mol. The van der Waals surface area contributed by atoms with Gasteiger partial charge in [-0.3, -0.25) is 4.98 Å². The monoisotopic (exact) mass is 305 g/mol. The van der Waals surface area contributed by atoms with Crippen molar-refractivity contribution >= 4 is 11.6 Å². The van der Waals surface area contributed by atoms with Crippen LogP contribution in [0.4, 0.5) is 11.6 Å². The van der Waals surface area contributed by atoms with Crippen molar-refractivity contribution in [1.82, 2.24) is 15.0 Å². The number of anilines is 2. The highest BCUT2D eigenvalue weighted by molar-refractivity contribution is 5.48. The molecule has 0 saturated carbocycles. The van der Waals surface area contributed by atoms with Crippen molar-refractivity contribution in [3.05, 3.63) is 78.4 Å². The van der Waals surface area contributed by atoms with Gasteiger partial charge in [-0.25, -0.2) is 9.97 Å². The van der Waals surface area contributed by atoms with Gasteiger partial charge in [0.2, 0.25) is 0 Å². The van der Waals surface area contributed by atoms with E-state index in [2.05, 4.69) is 44.6 Å². The molecule has 2 aromatic heterocycles. The second-order valence-electron chi connectivity index (χ2n) is 5.28. The molecule has 0 fully saturated rings. The molecule has 2 N–H and O–H groups in total. The number of benzene rings is 1. The van der Waals surface area contributed by atoms with E-state index in [1.54, 1.807) is 12.5 Å². The van der Waals surface area contributed by atoms with Gasteiger partial charge in [0, 0.05) is 31.0 Å². The summed E-state index contributed by atoms with van der Waals surface area (Å²) in [6.07, 6.45) is 5.16. The summed E-state index contributed by atoms with van der Waals surface area (Å²) in [5.41, 5.74) is 2.33. The standard InChI is InChI=1S/C18H19N5/c1-14(16-7-3-2-4-8-16)23-18-10-17(21-13-22-18)20-12-15-6-5-9-19-11-15/h2-11,13-14H,12H2,1H3,(H2,20,21,22,23). The molecular formula is C18H19N5. The van der Waals surface area contributed by atoms with Crippen LogP contribution in [-0.4, -0.2) is 15.0 Å². The van der Waals surface area contributed by atoms with Crippen LogP contribution in [0.15, 0.2) is 67.3 Å². The zero-order valence-electron chi connectivity index (χ0n) is 13.0. The molecule has 1 atom stereocenters. The summed E-state index contributed by atoms with van der Waals surface area (Å²) < 4.78 is 0. The van der Waals surface area contributed by atoms with E-state index in [9.17, 15) is 0 Å². The Morgan fingerprint density at radius 1 is 1.00 bits per heavy atom. The van der Waals surface area contributed by atoms with Crippen molar-refractivity contribution in [1.29, 1.82) is 0 Å². The van der Waals surface area contributed by atoms with Gasteiger partial charge in [0.05, 0.1) is 0 Å². The number of hydrogen-bond donors (Lipinski definition) is 2. The summed E-state index contributed by atoms with van der Waals surface area (Å²) in [6.45, 7) is 2.79. The Labute approximate surface area is 135 Å². The molecule has 0 aliphatic heterocycles. The quantitative estimate of drug-likeness (QED) is 0.727. The first-order valence-electron chi connectivity index (χ1n) is 7.57. The molecule has 1 aromatic carbocycles. The highest BCUT2D eigenvalue weighted by Crippen LogP contribution is 2.18. The predicted molar refractivity (Wildman–Crippen MR) is 92.1 cm³/mol. The van der Waals surface area contributed by atoms with Gasteiger partial charge in [0.1, 0.15) is 18.0 Å². The average Bonchev–Trinajstić information content (AvgIpc) is 2.62. The average molecular weight is 305 g/mol. The van der Waals surface area contributed by atoms with E-state index in [1.165, 1.54) is 5.56 Å². The maximum absolute atomic E-state index is 4.29. The molecule has 2 heterocycles. The van der Waals surface area contributed by atoms with Crippen LogP contribution in [0.5, 0.6) is 0 Å². The van der Waals surface area contributed by atoms with Gasteiger partial charge in [-0.1, -0.05) is 36.4 Å². The lowest BCUT2D eigenvalue weighted by Gasteiger charge is -2.15. The third-order valence-electron chi connectivity index (χ3n) is 3.53. The zero-order chi connectivity index (χ0) is 15.9. The lowest BCUT2D eigenvalue weighted by atomic mass is 10.1. The van der Waals surface area contributed by atoms with Crippen LogP contribution >= 0.6 is 0 Å². The fourth-order valence-corrected chi connectivity index (χ4v) is 2.28. The van der Waals surface area contributed by atoms with Gasteiger partial charge in [0.25, 0.3) is 0 Å². The molecule has 0 radical (unpaired) electrons. The topological polar surface area (TPSA) is 62.7 Å². The van der Waals surface area contributed by atoms with Crippen LogP contribution in [0.25, 0.3) is 0 Å². The number of rotatable bonds is 6. The summed E-state index contributed by atoms with van der Waals surface area (Å²) in [5.74, 6) is 1.58. The first kappa shape index (κ1) is 15.0. The van der Waals surface area contributed by atoms with Crippen molar-refractivity contribution in [2.75, 3.05) is 10.6 Å². The third-order valence-corrected chi connectivity index (χ3v) is 3.53. The zero-order valence-corrected chi connectivity index (χ0v) is 13.0. The fourth-order valence-electron chi connectivity index (χ4n) is 2.28. The van der Waals surface area contributed by atoms with Crippen LogP contribution in [0.1, 0.15) is 24.1 Å². The van der Waals surface area contributed by atoms with Gasteiger partial charge in [-0.15, -0.1) is 0 Å². The number of pyridine rings is 1. The summed E-state index contributed by atoms with van der Waals surface area (Å²) in [5, 5.41) is 6.68. The highest BCUT2D eigenvalue weighted by Gasteiger charge is 2.06. The van der Waals surface area contributed by atoms with Crippen molar-refractivity contribution in [3.8, 4) is 0 Å². The molecule has 0 aliphatic carbocycles. The van der Waals surface area contributed by atoms with Crippen molar-refractivity contribution < 1.29 is 0 Å². The molecule has 0 amide bonds. The maximum Gasteiger partial charge on any atom is 0.131 e. The van der Waals surface area contributed by atoms with E-state index in [0.29, 0.717) is 6.54 Å². The molecule has 5 heteroatoms. The molecule has 0 spiro atoms. The Balaban J connectivity index is 1.63. The number of aromatic nitrogens is 3. The minimum atomic E-state index is 0.178. The molecule has 116 valence electrons. The Bertz CT molecular complexity index is 731. The normalized spacial score (nSPS) is 11.7. The maximum atomic E-state index is 4.29. The largest absolute Gasteiger partial charge is 0.366 e. The molecule has 0 aliphatic rings. The molecule has 23 heavy (non-hydrogen) atoms. The number of nitrogens with zero attached hydrogens (tertiary/aromatic N) is 3. The molecule has 3 aromatic rings. The summed E-state index contributed by atoms with van der Waals surface area (Å²) >= 11 is 0.